The summed E-state index contributed by atoms with van der Waals surface area (Å²) < 4.78 is 20.8. The van der Waals surface area contributed by atoms with Crippen molar-refractivity contribution in [2.45, 2.75) is 0 Å². The monoisotopic (exact) mass is 224 g/mol. The van der Waals surface area contributed by atoms with E-state index in [0.717, 1.165) is 5.56 Å². The van der Waals surface area contributed by atoms with Gasteiger partial charge < -0.3 is 18.9 Å². The van der Waals surface area contributed by atoms with Gasteiger partial charge in [0.1, 0.15) is 5.76 Å². The molecule has 4 nitrogen and oxygen atoms in total. The lowest BCUT2D eigenvalue weighted by atomic mass is 10.1. The Bertz CT molecular complexity index is 385. The van der Waals surface area contributed by atoms with Gasteiger partial charge in [-0.2, -0.15) is 0 Å². The quantitative estimate of drug-likeness (QED) is 0.719. The van der Waals surface area contributed by atoms with Crippen molar-refractivity contribution in [3.63, 3.8) is 0 Å². The molecule has 0 aliphatic rings. The zero-order valence-electron chi connectivity index (χ0n) is 9.99. The molecule has 0 radical (unpaired) electrons. The Balaban J connectivity index is 3.37. The summed E-state index contributed by atoms with van der Waals surface area (Å²) in [7, 11) is 6.24. The van der Waals surface area contributed by atoms with E-state index in [1.165, 1.54) is 0 Å². The maximum absolute atomic E-state index is 5.29. The molecule has 0 atom stereocenters. The molecule has 16 heavy (non-hydrogen) atoms. The molecule has 0 N–H and O–H groups in total. The van der Waals surface area contributed by atoms with Crippen molar-refractivity contribution in [1.82, 2.24) is 0 Å². The van der Waals surface area contributed by atoms with E-state index in [4.69, 9.17) is 18.9 Å². The molecular weight excluding hydrogens is 208 g/mol. The molecule has 0 saturated heterocycles. The van der Waals surface area contributed by atoms with Crippen molar-refractivity contribution in [3.8, 4) is 17.2 Å². The first-order valence-electron chi connectivity index (χ1n) is 4.71. The van der Waals surface area contributed by atoms with Gasteiger partial charge in [0.15, 0.2) is 11.5 Å². The molecule has 0 heterocycles. The molecule has 0 aromatic heterocycles. The first-order chi connectivity index (χ1) is 7.69. The number of rotatable bonds is 5. The molecule has 1 rings (SSSR count). The van der Waals surface area contributed by atoms with E-state index in [1.54, 1.807) is 34.5 Å². The molecule has 0 aliphatic heterocycles. The van der Waals surface area contributed by atoms with E-state index in [2.05, 4.69) is 6.58 Å². The van der Waals surface area contributed by atoms with E-state index in [-0.39, 0.29) is 0 Å². The van der Waals surface area contributed by atoms with Gasteiger partial charge in [-0.25, -0.2) is 0 Å². The van der Waals surface area contributed by atoms with Gasteiger partial charge >= 0.3 is 0 Å². The molecule has 0 saturated carbocycles. The fourth-order valence-corrected chi connectivity index (χ4v) is 1.43. The van der Waals surface area contributed by atoms with Crippen LogP contribution in [0.1, 0.15) is 5.56 Å². The summed E-state index contributed by atoms with van der Waals surface area (Å²) in [6.07, 6.45) is 0. The second kappa shape index (κ2) is 5.30. The summed E-state index contributed by atoms with van der Waals surface area (Å²) in [4.78, 5) is 0. The zero-order valence-corrected chi connectivity index (χ0v) is 9.99. The molecule has 88 valence electrons. The van der Waals surface area contributed by atoms with Crippen molar-refractivity contribution >= 4 is 5.76 Å². The third kappa shape index (κ3) is 2.05. The number of benzene rings is 1. The summed E-state index contributed by atoms with van der Waals surface area (Å²) in [5.74, 6) is 2.19. The molecule has 0 spiro atoms. The van der Waals surface area contributed by atoms with Gasteiger partial charge in [-0.3, -0.25) is 0 Å². The van der Waals surface area contributed by atoms with E-state index < -0.39 is 0 Å². The van der Waals surface area contributed by atoms with Crippen LogP contribution in [0.25, 0.3) is 5.76 Å². The average Bonchev–Trinajstić information content (AvgIpc) is 2.35. The van der Waals surface area contributed by atoms with Crippen LogP contribution in [0, 0.1) is 0 Å². The maximum atomic E-state index is 5.29. The molecule has 0 unspecified atom stereocenters. The maximum Gasteiger partial charge on any atom is 0.204 e. The van der Waals surface area contributed by atoms with Crippen molar-refractivity contribution in [2.75, 3.05) is 28.4 Å². The lowest BCUT2D eigenvalue weighted by molar-refractivity contribution is 0.319. The van der Waals surface area contributed by atoms with Gasteiger partial charge in [0.25, 0.3) is 0 Å². The van der Waals surface area contributed by atoms with Crippen molar-refractivity contribution in [3.05, 3.63) is 24.3 Å². The lowest BCUT2D eigenvalue weighted by Crippen LogP contribution is -1.99. The zero-order chi connectivity index (χ0) is 12.1. The summed E-state index contributed by atoms with van der Waals surface area (Å²) in [5.41, 5.74) is 0.739. The molecule has 1 aromatic rings. The molecule has 0 aliphatic carbocycles. The van der Waals surface area contributed by atoms with Crippen molar-refractivity contribution in [1.29, 1.82) is 0 Å². The van der Waals surface area contributed by atoms with Gasteiger partial charge in [0.2, 0.25) is 5.75 Å². The Hall–Kier alpha value is -1.84. The Labute approximate surface area is 95.4 Å². The second-order valence-corrected chi connectivity index (χ2v) is 3.01. The molecule has 0 bridgehead atoms. The topological polar surface area (TPSA) is 36.9 Å². The van der Waals surface area contributed by atoms with Gasteiger partial charge in [0, 0.05) is 0 Å². The first kappa shape index (κ1) is 12.2. The smallest absolute Gasteiger partial charge is 0.204 e. The molecule has 4 heteroatoms. The van der Waals surface area contributed by atoms with Gasteiger partial charge in [-0.05, 0) is 12.1 Å². The van der Waals surface area contributed by atoms with Crippen LogP contribution in [0.3, 0.4) is 0 Å². The second-order valence-electron chi connectivity index (χ2n) is 3.01. The largest absolute Gasteiger partial charge is 0.497 e. The lowest BCUT2D eigenvalue weighted by Gasteiger charge is -2.16. The highest BCUT2D eigenvalue weighted by molar-refractivity contribution is 5.70. The van der Waals surface area contributed by atoms with E-state index in [1.807, 2.05) is 6.07 Å². The molecular formula is C12H16O4. The van der Waals surface area contributed by atoms with Gasteiger partial charge in [-0.1, -0.05) is 6.58 Å². The fourth-order valence-electron chi connectivity index (χ4n) is 1.43. The summed E-state index contributed by atoms with van der Waals surface area (Å²) >= 11 is 0. The van der Waals surface area contributed by atoms with E-state index in [0.29, 0.717) is 23.0 Å². The Morgan fingerprint density at radius 1 is 0.938 bits per heavy atom. The van der Waals surface area contributed by atoms with Crippen LogP contribution in [0.4, 0.5) is 0 Å². The SMILES string of the molecule is C=C(OC)c1ccc(OC)c(OC)c1OC. The van der Waals surface area contributed by atoms with Crippen molar-refractivity contribution in [2.24, 2.45) is 0 Å². The number of ether oxygens (including phenoxy) is 4. The van der Waals surface area contributed by atoms with Crippen LogP contribution in [-0.4, -0.2) is 28.4 Å². The van der Waals surface area contributed by atoms with Crippen LogP contribution in [0.5, 0.6) is 17.2 Å². The summed E-state index contributed by atoms with van der Waals surface area (Å²) in [6.45, 7) is 3.78. The summed E-state index contributed by atoms with van der Waals surface area (Å²) in [5, 5.41) is 0. The predicted octanol–water partition coefficient (Wildman–Crippen LogP) is 2.33. The number of hydrogen-bond acceptors (Lipinski definition) is 4. The third-order valence-electron chi connectivity index (χ3n) is 2.25. The Kier molecular flexibility index (Phi) is 4.05. The first-order valence-corrected chi connectivity index (χ1v) is 4.71. The van der Waals surface area contributed by atoms with E-state index >= 15 is 0 Å². The molecule has 1 aromatic carbocycles. The van der Waals surface area contributed by atoms with Crippen LogP contribution in [-0.2, 0) is 4.74 Å². The molecule has 0 fully saturated rings. The fraction of sp³-hybridized carbons (Fsp3) is 0.333. The van der Waals surface area contributed by atoms with Crippen LogP contribution >= 0.6 is 0 Å². The number of methoxy groups -OCH3 is 4. The average molecular weight is 224 g/mol. The van der Waals surface area contributed by atoms with Crippen molar-refractivity contribution < 1.29 is 18.9 Å². The highest BCUT2D eigenvalue weighted by atomic mass is 16.5. The van der Waals surface area contributed by atoms with Gasteiger partial charge in [0.05, 0.1) is 34.0 Å². The van der Waals surface area contributed by atoms with Crippen LogP contribution in [0.15, 0.2) is 18.7 Å². The minimum Gasteiger partial charge on any atom is -0.497 e. The van der Waals surface area contributed by atoms with E-state index in [9.17, 15) is 0 Å². The molecule has 0 amide bonds. The highest BCUT2D eigenvalue weighted by Crippen LogP contribution is 2.41. The standard InChI is InChI=1S/C12H16O4/c1-8(13-2)9-6-7-10(14-3)12(16-5)11(9)15-4/h6-7H,1H2,2-5H3. The highest BCUT2D eigenvalue weighted by Gasteiger charge is 2.17. The minimum atomic E-state index is 0.512. The summed E-state index contributed by atoms with van der Waals surface area (Å²) in [6, 6.07) is 3.59. The predicted molar refractivity (Wildman–Crippen MR) is 62.1 cm³/mol. The van der Waals surface area contributed by atoms with Crippen LogP contribution < -0.4 is 14.2 Å². The van der Waals surface area contributed by atoms with Crippen LogP contribution in [0.2, 0.25) is 0 Å². The van der Waals surface area contributed by atoms with Gasteiger partial charge in [-0.15, -0.1) is 0 Å². The normalized spacial score (nSPS) is 9.50. The Morgan fingerprint density at radius 2 is 1.56 bits per heavy atom. The Morgan fingerprint density at radius 3 is 2.00 bits per heavy atom. The number of hydrogen-bond donors (Lipinski definition) is 0. The third-order valence-corrected chi connectivity index (χ3v) is 2.25. The minimum absolute atomic E-state index is 0.512.